The molecule has 1 unspecified atom stereocenters. The van der Waals surface area contributed by atoms with Crippen molar-refractivity contribution >= 4 is 23.1 Å². The number of aliphatic hydroxyl groups excluding tert-OH is 1. The first-order chi connectivity index (χ1) is 16.7. The van der Waals surface area contributed by atoms with Gasteiger partial charge < -0.3 is 14.9 Å². The molecule has 1 amide bonds. The van der Waals surface area contributed by atoms with E-state index in [9.17, 15) is 19.8 Å². The maximum atomic E-state index is 13.3. The fraction of sp³-hybridized carbons (Fsp3) is 0.241. The number of hydrogen-bond donors (Lipinski definition) is 2. The number of ketones is 1. The van der Waals surface area contributed by atoms with Crippen molar-refractivity contribution in [2.24, 2.45) is 5.92 Å². The third kappa shape index (κ3) is 4.78. The zero-order valence-electron chi connectivity index (χ0n) is 20.3. The number of ether oxygens (including phenoxy) is 1. The Kier molecular flexibility index (Phi) is 6.65. The Labute approximate surface area is 205 Å². The number of nitrogens with zero attached hydrogens (tertiary/aromatic N) is 1. The molecule has 1 saturated heterocycles. The Morgan fingerprint density at radius 3 is 2.40 bits per heavy atom. The average molecular weight is 472 g/mol. The van der Waals surface area contributed by atoms with Gasteiger partial charge in [-0.15, -0.1) is 0 Å². The molecule has 0 bridgehead atoms. The number of rotatable bonds is 6. The van der Waals surface area contributed by atoms with Crippen LogP contribution in [-0.4, -0.2) is 28.5 Å². The average Bonchev–Trinajstić information content (AvgIpc) is 3.09. The molecule has 1 heterocycles. The lowest BCUT2D eigenvalue weighted by molar-refractivity contribution is -0.132. The second-order valence-corrected chi connectivity index (χ2v) is 9.27. The molecule has 35 heavy (non-hydrogen) atoms. The van der Waals surface area contributed by atoms with Gasteiger partial charge in [-0.1, -0.05) is 44.2 Å². The molecule has 3 aromatic rings. The first-order valence-corrected chi connectivity index (χ1v) is 11.6. The van der Waals surface area contributed by atoms with Gasteiger partial charge in [-0.25, -0.2) is 0 Å². The summed E-state index contributed by atoms with van der Waals surface area (Å²) in [6, 6.07) is 17.8. The fourth-order valence-corrected chi connectivity index (χ4v) is 4.14. The van der Waals surface area contributed by atoms with Crippen molar-refractivity contribution in [3.8, 4) is 11.5 Å². The van der Waals surface area contributed by atoms with Crippen LogP contribution in [0, 0.1) is 19.8 Å². The molecule has 0 spiro atoms. The molecule has 2 N–H and O–H groups in total. The Morgan fingerprint density at radius 1 is 0.971 bits per heavy atom. The van der Waals surface area contributed by atoms with Gasteiger partial charge >= 0.3 is 0 Å². The standard InChI is InChI=1S/C29H29NO5/c1-17(2)16-35-24-10-6-8-21(15-24)27(32)25-26(20-7-5-9-23(31)14-20)30(29(34)28(25)33)22-12-11-18(3)19(4)13-22/h5-15,17,26,31-32H,16H2,1-4H3/b27-25+. The molecule has 1 aliphatic rings. The third-order valence-electron chi connectivity index (χ3n) is 6.09. The van der Waals surface area contributed by atoms with Crippen molar-refractivity contribution < 1.29 is 24.5 Å². The predicted molar refractivity (Wildman–Crippen MR) is 136 cm³/mol. The molecule has 6 nitrogen and oxygen atoms in total. The van der Waals surface area contributed by atoms with E-state index in [0.29, 0.717) is 35.1 Å². The summed E-state index contributed by atoms with van der Waals surface area (Å²) >= 11 is 0. The molecule has 3 aromatic carbocycles. The summed E-state index contributed by atoms with van der Waals surface area (Å²) in [7, 11) is 0. The number of aryl methyl sites for hydroxylation is 2. The van der Waals surface area contributed by atoms with Gasteiger partial charge in [0, 0.05) is 11.3 Å². The zero-order valence-corrected chi connectivity index (χ0v) is 20.3. The highest BCUT2D eigenvalue weighted by Crippen LogP contribution is 2.43. The van der Waals surface area contributed by atoms with E-state index >= 15 is 0 Å². The lowest BCUT2D eigenvalue weighted by Crippen LogP contribution is -2.29. The third-order valence-corrected chi connectivity index (χ3v) is 6.09. The first-order valence-electron chi connectivity index (χ1n) is 11.6. The summed E-state index contributed by atoms with van der Waals surface area (Å²) in [6.45, 7) is 8.47. The Bertz CT molecular complexity index is 1320. The number of aromatic hydroxyl groups is 1. The maximum Gasteiger partial charge on any atom is 0.300 e. The number of hydrogen-bond acceptors (Lipinski definition) is 5. The number of carbonyl (C=O) groups excluding carboxylic acids is 2. The van der Waals surface area contributed by atoms with E-state index in [0.717, 1.165) is 11.1 Å². The summed E-state index contributed by atoms with van der Waals surface area (Å²) in [5.41, 5.74) is 3.40. The highest BCUT2D eigenvalue weighted by atomic mass is 16.5. The molecule has 1 aliphatic heterocycles. The second kappa shape index (κ2) is 9.66. The van der Waals surface area contributed by atoms with Crippen LogP contribution < -0.4 is 9.64 Å². The van der Waals surface area contributed by atoms with Crippen molar-refractivity contribution in [1.82, 2.24) is 0 Å². The largest absolute Gasteiger partial charge is 0.508 e. The lowest BCUT2D eigenvalue weighted by atomic mass is 9.94. The molecular weight excluding hydrogens is 442 g/mol. The molecule has 0 aliphatic carbocycles. The van der Waals surface area contributed by atoms with E-state index < -0.39 is 17.7 Å². The molecule has 0 saturated carbocycles. The van der Waals surface area contributed by atoms with Crippen LogP contribution in [0.2, 0.25) is 0 Å². The van der Waals surface area contributed by atoms with Gasteiger partial charge in [0.2, 0.25) is 0 Å². The van der Waals surface area contributed by atoms with Gasteiger partial charge in [0.15, 0.2) is 0 Å². The van der Waals surface area contributed by atoms with Crippen molar-refractivity contribution in [3.63, 3.8) is 0 Å². The number of anilines is 1. The molecule has 4 rings (SSSR count). The van der Waals surface area contributed by atoms with Crippen LogP contribution in [0.25, 0.3) is 5.76 Å². The van der Waals surface area contributed by atoms with Crippen LogP contribution in [0.1, 0.15) is 42.1 Å². The first kappa shape index (κ1) is 24.1. The molecule has 180 valence electrons. The van der Waals surface area contributed by atoms with Gasteiger partial charge in [0.1, 0.15) is 17.3 Å². The van der Waals surface area contributed by atoms with Gasteiger partial charge in [-0.3, -0.25) is 14.5 Å². The summed E-state index contributed by atoms with van der Waals surface area (Å²) in [4.78, 5) is 28.0. The monoisotopic (exact) mass is 471 g/mol. The van der Waals surface area contributed by atoms with Crippen LogP contribution in [0.5, 0.6) is 11.5 Å². The number of Topliss-reactive ketones (excluding diaryl/α,β-unsaturated/α-hetero) is 1. The van der Waals surface area contributed by atoms with Crippen LogP contribution in [0.15, 0.2) is 72.3 Å². The van der Waals surface area contributed by atoms with E-state index in [2.05, 4.69) is 0 Å². The van der Waals surface area contributed by atoms with Crippen molar-refractivity contribution in [2.45, 2.75) is 33.7 Å². The van der Waals surface area contributed by atoms with E-state index in [1.807, 2.05) is 39.8 Å². The summed E-state index contributed by atoms with van der Waals surface area (Å²) < 4.78 is 5.78. The molecular formula is C29H29NO5. The molecule has 0 aromatic heterocycles. The summed E-state index contributed by atoms with van der Waals surface area (Å²) in [5, 5.41) is 21.5. The van der Waals surface area contributed by atoms with Gasteiger partial charge in [0.05, 0.1) is 18.2 Å². The minimum Gasteiger partial charge on any atom is -0.508 e. The molecule has 1 fully saturated rings. The van der Waals surface area contributed by atoms with E-state index in [1.165, 1.54) is 17.0 Å². The highest BCUT2D eigenvalue weighted by molar-refractivity contribution is 6.51. The summed E-state index contributed by atoms with van der Waals surface area (Å²) in [6.07, 6.45) is 0. The number of amides is 1. The Morgan fingerprint density at radius 2 is 1.71 bits per heavy atom. The van der Waals surface area contributed by atoms with Gasteiger partial charge in [-0.2, -0.15) is 0 Å². The number of benzene rings is 3. The zero-order chi connectivity index (χ0) is 25.3. The van der Waals surface area contributed by atoms with Gasteiger partial charge in [-0.05, 0) is 72.9 Å². The Balaban J connectivity index is 1.88. The number of carbonyl (C=O) groups is 2. The van der Waals surface area contributed by atoms with Crippen molar-refractivity contribution in [1.29, 1.82) is 0 Å². The van der Waals surface area contributed by atoms with Crippen molar-refractivity contribution in [2.75, 3.05) is 11.5 Å². The quantitative estimate of drug-likeness (QED) is 0.275. The van der Waals surface area contributed by atoms with Crippen molar-refractivity contribution in [3.05, 3.63) is 94.6 Å². The minimum atomic E-state index is -0.913. The van der Waals surface area contributed by atoms with Gasteiger partial charge in [0.25, 0.3) is 11.7 Å². The van der Waals surface area contributed by atoms with Crippen LogP contribution in [0.3, 0.4) is 0 Å². The lowest BCUT2D eigenvalue weighted by Gasteiger charge is -2.26. The number of phenolic OH excluding ortho intramolecular Hbond substituents is 1. The molecule has 6 heteroatoms. The summed E-state index contributed by atoms with van der Waals surface area (Å²) in [5.74, 6) is -0.949. The normalized spacial score (nSPS) is 17.3. The van der Waals surface area contributed by atoms with E-state index in [-0.39, 0.29) is 17.1 Å². The predicted octanol–water partition coefficient (Wildman–Crippen LogP) is 5.67. The topological polar surface area (TPSA) is 87.1 Å². The number of aliphatic hydroxyl groups is 1. The fourth-order valence-electron chi connectivity index (χ4n) is 4.14. The van der Waals surface area contributed by atoms with Crippen LogP contribution >= 0.6 is 0 Å². The minimum absolute atomic E-state index is 0.00254. The smallest absolute Gasteiger partial charge is 0.300 e. The van der Waals surface area contributed by atoms with E-state index in [1.54, 1.807) is 42.5 Å². The number of phenols is 1. The highest BCUT2D eigenvalue weighted by Gasteiger charge is 2.47. The molecule has 0 radical (unpaired) electrons. The van der Waals surface area contributed by atoms with E-state index in [4.69, 9.17) is 4.74 Å². The molecule has 1 atom stereocenters. The Hall–Kier alpha value is -4.06. The second-order valence-electron chi connectivity index (χ2n) is 9.27. The van der Waals surface area contributed by atoms with Crippen LogP contribution in [-0.2, 0) is 9.59 Å². The van der Waals surface area contributed by atoms with Crippen LogP contribution in [0.4, 0.5) is 5.69 Å². The maximum absolute atomic E-state index is 13.3. The SMILES string of the molecule is Cc1ccc(N2C(=O)C(=O)/C(=C(/O)c3cccc(OCC(C)C)c3)C2c2cccc(O)c2)cc1C.